The van der Waals surface area contributed by atoms with Crippen LogP contribution in [0, 0.1) is 24.7 Å². The first-order valence-corrected chi connectivity index (χ1v) is 21.8. The Morgan fingerprint density at radius 2 is 1.97 bits per heavy atom. The molecule has 3 heterocycles. The fraction of sp³-hybridized carbons (Fsp3) is 0.622. The number of aromatic nitrogens is 1. The minimum atomic E-state index is -1.38. The number of nitrogens with zero attached hydrogens (tertiary/aromatic N) is 3. The standard InChI is InChI=1S/C45H62ClN3O9/c1-4-21-49(44(52)54-26-20-46)40-29-38(48-58-41-17-8-11-25-53-41)36-27-32(14-6-9-22-50)35(16-7-10-23-51)42-37-28-34(55-30-33-15-12-13-31(3)47-33)18-19-39(37)57-45(40,43(36)42)56-24-5-2/h5,12-13,15,18-19,27-28,32,35,40-43,50-51H,2,4,6-11,14,16-17,20-26,29-30H2,1,3H3. The maximum absolute atomic E-state index is 14.1. The summed E-state index contributed by atoms with van der Waals surface area (Å²) >= 11 is 6.03. The zero-order valence-corrected chi connectivity index (χ0v) is 35.0. The van der Waals surface area contributed by atoms with Crippen LogP contribution in [0.5, 0.6) is 11.5 Å². The summed E-state index contributed by atoms with van der Waals surface area (Å²) in [4.78, 5) is 26.7. The molecule has 7 atom stereocenters. The lowest BCUT2D eigenvalue weighted by Gasteiger charge is -2.60. The van der Waals surface area contributed by atoms with E-state index in [-0.39, 0.29) is 56.5 Å². The van der Waals surface area contributed by atoms with Gasteiger partial charge in [-0.25, -0.2) is 4.79 Å². The van der Waals surface area contributed by atoms with Gasteiger partial charge in [0.2, 0.25) is 12.1 Å². The van der Waals surface area contributed by atoms with Crippen molar-refractivity contribution in [1.82, 2.24) is 9.88 Å². The van der Waals surface area contributed by atoms with E-state index in [1.807, 2.05) is 44.2 Å². The van der Waals surface area contributed by atoms with Crippen molar-refractivity contribution in [3.8, 4) is 11.5 Å². The van der Waals surface area contributed by atoms with Gasteiger partial charge in [0.15, 0.2) is 0 Å². The predicted molar refractivity (Wildman–Crippen MR) is 222 cm³/mol. The number of carbonyl (C=O) groups excluding carboxylic acids is 1. The molecule has 6 rings (SSSR count). The second kappa shape index (κ2) is 21.5. The van der Waals surface area contributed by atoms with E-state index in [4.69, 9.17) is 45.3 Å². The van der Waals surface area contributed by atoms with Gasteiger partial charge in [-0.2, -0.15) is 0 Å². The number of hydrogen-bond acceptors (Lipinski definition) is 11. The molecule has 13 heteroatoms. The number of ether oxygens (including phenoxy) is 5. The number of rotatable bonds is 21. The Morgan fingerprint density at radius 3 is 2.69 bits per heavy atom. The van der Waals surface area contributed by atoms with Gasteiger partial charge < -0.3 is 38.7 Å². The molecule has 1 aromatic heterocycles. The third-order valence-corrected chi connectivity index (χ3v) is 11.9. The molecular weight excluding hydrogens is 762 g/mol. The summed E-state index contributed by atoms with van der Waals surface area (Å²) in [5.41, 5.74) is 4.40. The molecule has 0 radical (unpaired) electrons. The van der Waals surface area contributed by atoms with Crippen LogP contribution < -0.4 is 9.47 Å². The summed E-state index contributed by atoms with van der Waals surface area (Å²) in [5.74, 6) is -0.350. The largest absolute Gasteiger partial charge is 0.487 e. The van der Waals surface area contributed by atoms with Crippen molar-refractivity contribution in [3.05, 3.63) is 77.7 Å². The van der Waals surface area contributed by atoms with Gasteiger partial charge in [0.05, 0.1) is 36.4 Å². The number of benzene rings is 1. The van der Waals surface area contributed by atoms with E-state index >= 15 is 0 Å². The van der Waals surface area contributed by atoms with Crippen molar-refractivity contribution in [2.75, 3.05) is 45.5 Å². The monoisotopic (exact) mass is 823 g/mol. The number of alkyl halides is 1. The lowest BCUT2D eigenvalue weighted by molar-refractivity contribution is -0.255. The van der Waals surface area contributed by atoms with Crippen molar-refractivity contribution in [3.63, 3.8) is 0 Å². The summed E-state index contributed by atoms with van der Waals surface area (Å²) in [6, 6.07) is 11.2. The van der Waals surface area contributed by atoms with Gasteiger partial charge >= 0.3 is 6.09 Å². The van der Waals surface area contributed by atoms with Crippen LogP contribution in [-0.2, 0) is 25.7 Å². The minimum Gasteiger partial charge on any atom is -0.487 e. The number of hydrogen-bond donors (Lipinski definition) is 2. The number of oxime groups is 1. The molecule has 1 amide bonds. The van der Waals surface area contributed by atoms with E-state index in [1.165, 1.54) is 0 Å². The van der Waals surface area contributed by atoms with Gasteiger partial charge in [-0.05, 0) is 99.6 Å². The van der Waals surface area contributed by atoms with Crippen LogP contribution in [0.15, 0.2) is 65.9 Å². The average molecular weight is 824 g/mol. The Morgan fingerprint density at radius 1 is 1.14 bits per heavy atom. The SMILES string of the molecule is C=CCOC12Oc3ccc(OCc4cccc(C)n4)cc3C3C(CCCCO)C(CCCCO)C=C(C(=NOC4CCCCO4)CC1N(CCC)C(=O)OCCCl)C32. The Kier molecular flexibility index (Phi) is 16.3. The molecule has 2 aromatic rings. The first kappa shape index (κ1) is 43.9. The van der Waals surface area contributed by atoms with Gasteiger partial charge in [-0.1, -0.05) is 43.1 Å². The first-order valence-electron chi connectivity index (χ1n) is 21.3. The Balaban J connectivity index is 1.55. The molecule has 12 nitrogen and oxygen atoms in total. The zero-order chi connectivity index (χ0) is 40.9. The third-order valence-electron chi connectivity index (χ3n) is 11.8. The maximum Gasteiger partial charge on any atom is 0.410 e. The molecule has 318 valence electrons. The van der Waals surface area contributed by atoms with Gasteiger partial charge in [0.1, 0.15) is 30.8 Å². The highest BCUT2D eigenvalue weighted by atomic mass is 35.5. The lowest BCUT2D eigenvalue weighted by atomic mass is 9.55. The highest BCUT2D eigenvalue weighted by molar-refractivity contribution is 6.18. The van der Waals surface area contributed by atoms with Gasteiger partial charge in [0, 0.05) is 49.8 Å². The molecule has 2 aliphatic heterocycles. The normalized spacial score (nSPS) is 26.8. The molecule has 2 N–H and O–H groups in total. The third kappa shape index (κ3) is 10.2. The second-order valence-corrected chi connectivity index (χ2v) is 16.1. The van der Waals surface area contributed by atoms with E-state index in [1.54, 1.807) is 11.0 Å². The number of unbranched alkanes of at least 4 members (excludes halogenated alkanes) is 2. The van der Waals surface area contributed by atoms with Crippen LogP contribution in [0.25, 0.3) is 0 Å². The number of aliphatic hydroxyl groups excluding tert-OH is 2. The van der Waals surface area contributed by atoms with E-state index in [0.29, 0.717) is 56.2 Å². The minimum absolute atomic E-state index is 0.0567. The van der Waals surface area contributed by atoms with Crippen molar-refractivity contribution < 1.29 is 43.5 Å². The number of carbonyl (C=O) groups is 1. The van der Waals surface area contributed by atoms with E-state index < -0.39 is 30.1 Å². The summed E-state index contributed by atoms with van der Waals surface area (Å²) < 4.78 is 32.4. The van der Waals surface area contributed by atoms with Gasteiger partial charge in [0.25, 0.3) is 0 Å². The molecule has 58 heavy (non-hydrogen) atoms. The molecule has 4 aliphatic rings. The Labute approximate surface area is 348 Å². The summed E-state index contributed by atoms with van der Waals surface area (Å²) in [7, 11) is 0. The van der Waals surface area contributed by atoms with E-state index in [0.717, 1.165) is 67.5 Å². The van der Waals surface area contributed by atoms with Gasteiger partial charge in [-0.3, -0.25) is 9.88 Å². The number of pyridine rings is 1. The van der Waals surface area contributed by atoms with Crippen molar-refractivity contribution in [2.45, 2.75) is 115 Å². The highest BCUT2D eigenvalue weighted by Gasteiger charge is 2.65. The topological polar surface area (TPSA) is 141 Å². The number of aliphatic hydroxyl groups is 2. The maximum atomic E-state index is 14.1. The predicted octanol–water partition coefficient (Wildman–Crippen LogP) is 8.22. The smallest absolute Gasteiger partial charge is 0.410 e. The first-order chi connectivity index (χ1) is 28.4. The fourth-order valence-corrected chi connectivity index (χ4v) is 9.39. The van der Waals surface area contributed by atoms with Crippen LogP contribution in [0.1, 0.15) is 100 Å². The lowest BCUT2D eigenvalue weighted by Crippen LogP contribution is -2.70. The molecular formula is C45H62ClN3O9. The second-order valence-electron chi connectivity index (χ2n) is 15.7. The van der Waals surface area contributed by atoms with Crippen LogP contribution in [0.4, 0.5) is 4.79 Å². The summed E-state index contributed by atoms with van der Waals surface area (Å²) in [5, 5.41) is 24.7. The molecule has 1 aromatic carbocycles. The zero-order valence-electron chi connectivity index (χ0n) is 34.2. The van der Waals surface area contributed by atoms with E-state index in [9.17, 15) is 15.0 Å². The molecule has 1 saturated heterocycles. The van der Waals surface area contributed by atoms with Crippen molar-refractivity contribution >= 4 is 23.4 Å². The van der Waals surface area contributed by atoms with Gasteiger partial charge in [-0.15, -0.1) is 18.2 Å². The molecule has 0 spiro atoms. The Bertz CT molecular complexity index is 1720. The fourth-order valence-electron chi connectivity index (χ4n) is 9.32. The molecule has 0 bridgehead atoms. The Hall–Kier alpha value is -3.68. The number of halogens is 1. The summed E-state index contributed by atoms with van der Waals surface area (Å²) in [6.45, 7) is 9.72. The average Bonchev–Trinajstić information content (AvgIpc) is 3.24. The molecule has 2 aliphatic carbocycles. The number of amides is 1. The number of fused-ring (bicyclic) bond motifs is 2. The van der Waals surface area contributed by atoms with Crippen LogP contribution in [-0.4, -0.2) is 95.5 Å². The number of allylic oxidation sites excluding steroid dienone is 1. The van der Waals surface area contributed by atoms with E-state index in [2.05, 4.69) is 23.7 Å². The summed E-state index contributed by atoms with van der Waals surface area (Å²) in [6.07, 6.45) is 11.4. The quantitative estimate of drug-likeness (QED) is 0.0548. The molecule has 2 fully saturated rings. The molecule has 1 saturated carbocycles. The van der Waals surface area contributed by atoms with Crippen LogP contribution in [0.3, 0.4) is 0 Å². The van der Waals surface area contributed by atoms with Crippen molar-refractivity contribution in [2.24, 2.45) is 22.9 Å². The van der Waals surface area contributed by atoms with Crippen LogP contribution in [0.2, 0.25) is 0 Å². The van der Waals surface area contributed by atoms with Crippen molar-refractivity contribution in [1.29, 1.82) is 0 Å². The molecule has 7 unspecified atom stereocenters. The number of aryl methyl sites for hydroxylation is 1. The highest BCUT2D eigenvalue weighted by Crippen LogP contribution is 2.62. The van der Waals surface area contributed by atoms with Crippen LogP contribution >= 0.6 is 11.6 Å².